The lowest BCUT2D eigenvalue weighted by Gasteiger charge is -2.22. The third-order valence-electron chi connectivity index (χ3n) is 3.80. The summed E-state index contributed by atoms with van der Waals surface area (Å²) >= 11 is 0. The highest BCUT2D eigenvalue weighted by molar-refractivity contribution is 7.92. The lowest BCUT2D eigenvalue weighted by molar-refractivity contribution is -0.114. The van der Waals surface area contributed by atoms with E-state index in [0.717, 1.165) is 22.5 Å². The maximum Gasteiger partial charge on any atom is 0.245 e. The summed E-state index contributed by atoms with van der Waals surface area (Å²) in [5.41, 5.74) is 2.10. The molecule has 26 heavy (non-hydrogen) atoms. The standard InChI is InChI=1S/C19H24N2O4S/c1-4-15-8-6-7-9-18(15)20-19(22)14-21(26(3,23)24)16-10-12-17(13-11-16)25-5-2/h6-13H,4-5,14H2,1-3H3,(H,20,22). The van der Waals surface area contributed by atoms with Crippen molar-refractivity contribution in [3.05, 3.63) is 54.1 Å². The fraction of sp³-hybridized carbons (Fsp3) is 0.316. The Labute approximate surface area is 154 Å². The molecule has 2 aromatic carbocycles. The molecule has 7 heteroatoms. The minimum atomic E-state index is -3.61. The van der Waals surface area contributed by atoms with Crippen LogP contribution in [-0.4, -0.2) is 33.7 Å². The number of para-hydroxylation sites is 1. The van der Waals surface area contributed by atoms with E-state index in [0.29, 0.717) is 23.7 Å². The number of rotatable bonds is 8. The van der Waals surface area contributed by atoms with Crippen molar-refractivity contribution < 1.29 is 17.9 Å². The summed E-state index contributed by atoms with van der Waals surface area (Å²) in [6.45, 7) is 4.09. The van der Waals surface area contributed by atoms with Gasteiger partial charge in [-0.1, -0.05) is 25.1 Å². The van der Waals surface area contributed by atoms with Crippen LogP contribution < -0.4 is 14.4 Å². The third kappa shape index (κ3) is 5.23. The van der Waals surface area contributed by atoms with Crippen molar-refractivity contribution in [3.8, 4) is 5.75 Å². The number of nitrogens with one attached hydrogen (secondary N) is 1. The van der Waals surface area contributed by atoms with Crippen molar-refractivity contribution in [2.75, 3.05) is 29.0 Å². The maximum absolute atomic E-state index is 12.4. The van der Waals surface area contributed by atoms with E-state index < -0.39 is 15.9 Å². The molecule has 140 valence electrons. The van der Waals surface area contributed by atoms with Crippen molar-refractivity contribution in [2.24, 2.45) is 0 Å². The number of carbonyl (C=O) groups is 1. The molecular weight excluding hydrogens is 352 g/mol. The zero-order valence-corrected chi connectivity index (χ0v) is 16.0. The molecule has 0 aromatic heterocycles. The molecule has 0 saturated heterocycles. The Morgan fingerprint density at radius 2 is 1.73 bits per heavy atom. The number of aryl methyl sites for hydroxylation is 1. The summed E-state index contributed by atoms with van der Waals surface area (Å²) in [5.74, 6) is 0.247. The average molecular weight is 376 g/mol. The van der Waals surface area contributed by atoms with Crippen LogP contribution in [0, 0.1) is 0 Å². The predicted octanol–water partition coefficient (Wildman–Crippen LogP) is 3.05. The molecule has 6 nitrogen and oxygen atoms in total. The summed E-state index contributed by atoms with van der Waals surface area (Å²) in [6, 6.07) is 14.1. The normalized spacial score (nSPS) is 11.0. The first-order chi connectivity index (χ1) is 12.3. The second kappa shape index (κ2) is 8.71. The van der Waals surface area contributed by atoms with E-state index in [1.165, 1.54) is 0 Å². The number of nitrogens with zero attached hydrogens (tertiary/aromatic N) is 1. The summed E-state index contributed by atoms with van der Waals surface area (Å²) in [7, 11) is -3.61. The van der Waals surface area contributed by atoms with Crippen LogP contribution in [0.25, 0.3) is 0 Å². The van der Waals surface area contributed by atoms with Gasteiger partial charge in [0.2, 0.25) is 15.9 Å². The van der Waals surface area contributed by atoms with Gasteiger partial charge in [-0.15, -0.1) is 0 Å². The van der Waals surface area contributed by atoms with E-state index in [9.17, 15) is 13.2 Å². The molecule has 0 aliphatic carbocycles. The van der Waals surface area contributed by atoms with Gasteiger partial charge in [-0.3, -0.25) is 9.10 Å². The van der Waals surface area contributed by atoms with Crippen LogP contribution >= 0.6 is 0 Å². The van der Waals surface area contributed by atoms with Gasteiger partial charge >= 0.3 is 0 Å². The van der Waals surface area contributed by atoms with Crippen LogP contribution in [0.2, 0.25) is 0 Å². The van der Waals surface area contributed by atoms with Gasteiger partial charge in [0.1, 0.15) is 12.3 Å². The number of benzene rings is 2. The highest BCUT2D eigenvalue weighted by Crippen LogP contribution is 2.22. The molecule has 2 rings (SSSR count). The Morgan fingerprint density at radius 1 is 1.08 bits per heavy atom. The molecule has 0 unspecified atom stereocenters. The van der Waals surface area contributed by atoms with E-state index in [1.54, 1.807) is 30.3 Å². The molecule has 0 atom stereocenters. The molecule has 2 aromatic rings. The highest BCUT2D eigenvalue weighted by atomic mass is 32.2. The maximum atomic E-state index is 12.4. The molecule has 1 N–H and O–H groups in total. The first-order valence-electron chi connectivity index (χ1n) is 8.43. The summed E-state index contributed by atoms with van der Waals surface area (Å²) in [5, 5.41) is 2.80. The largest absolute Gasteiger partial charge is 0.494 e. The molecule has 1 amide bonds. The van der Waals surface area contributed by atoms with Crippen molar-refractivity contribution in [2.45, 2.75) is 20.3 Å². The molecular formula is C19H24N2O4S. The molecule has 0 aliphatic rings. The van der Waals surface area contributed by atoms with Gasteiger partial charge in [0, 0.05) is 5.69 Å². The van der Waals surface area contributed by atoms with Crippen molar-refractivity contribution in [1.29, 1.82) is 0 Å². The minimum absolute atomic E-state index is 0.301. The fourth-order valence-corrected chi connectivity index (χ4v) is 3.40. The van der Waals surface area contributed by atoms with Gasteiger partial charge < -0.3 is 10.1 Å². The number of ether oxygens (including phenoxy) is 1. The number of carbonyl (C=O) groups excluding carboxylic acids is 1. The van der Waals surface area contributed by atoms with Gasteiger partial charge in [-0.05, 0) is 49.2 Å². The fourth-order valence-electron chi connectivity index (χ4n) is 2.55. The second-order valence-corrected chi connectivity index (χ2v) is 7.66. The highest BCUT2D eigenvalue weighted by Gasteiger charge is 2.21. The van der Waals surface area contributed by atoms with Gasteiger partial charge in [-0.25, -0.2) is 8.42 Å². The van der Waals surface area contributed by atoms with Gasteiger partial charge in [0.05, 0.1) is 18.6 Å². The van der Waals surface area contributed by atoms with E-state index in [1.807, 2.05) is 32.0 Å². The van der Waals surface area contributed by atoms with E-state index >= 15 is 0 Å². The minimum Gasteiger partial charge on any atom is -0.494 e. The van der Waals surface area contributed by atoms with E-state index in [4.69, 9.17) is 4.74 Å². The average Bonchev–Trinajstić information content (AvgIpc) is 2.60. The second-order valence-electron chi connectivity index (χ2n) is 5.76. The van der Waals surface area contributed by atoms with Crippen molar-refractivity contribution in [3.63, 3.8) is 0 Å². The molecule has 0 spiro atoms. The number of hydrogen-bond acceptors (Lipinski definition) is 4. The lowest BCUT2D eigenvalue weighted by Crippen LogP contribution is -2.37. The number of hydrogen-bond donors (Lipinski definition) is 1. The molecule has 0 saturated carbocycles. The van der Waals surface area contributed by atoms with Crippen LogP contribution in [0.15, 0.2) is 48.5 Å². The first-order valence-corrected chi connectivity index (χ1v) is 10.3. The lowest BCUT2D eigenvalue weighted by atomic mass is 10.1. The summed E-state index contributed by atoms with van der Waals surface area (Å²) in [4.78, 5) is 12.4. The molecule has 0 heterocycles. The Hall–Kier alpha value is -2.54. The monoisotopic (exact) mass is 376 g/mol. The third-order valence-corrected chi connectivity index (χ3v) is 4.94. The number of sulfonamides is 1. The Morgan fingerprint density at radius 3 is 2.31 bits per heavy atom. The van der Waals surface area contributed by atoms with E-state index in [2.05, 4.69) is 5.32 Å². The van der Waals surface area contributed by atoms with Crippen molar-refractivity contribution >= 4 is 27.3 Å². The number of amides is 1. The predicted molar refractivity (Wildman–Crippen MR) is 104 cm³/mol. The molecule has 0 aliphatic heterocycles. The van der Waals surface area contributed by atoms with Crippen molar-refractivity contribution in [1.82, 2.24) is 0 Å². The quantitative estimate of drug-likeness (QED) is 0.768. The zero-order valence-electron chi connectivity index (χ0n) is 15.2. The Bertz CT molecular complexity index is 848. The Balaban J connectivity index is 2.19. The SMILES string of the molecule is CCOc1ccc(N(CC(=O)Nc2ccccc2CC)S(C)(=O)=O)cc1. The first kappa shape index (κ1) is 19.8. The van der Waals surface area contributed by atoms with Crippen LogP contribution in [0.5, 0.6) is 5.75 Å². The smallest absolute Gasteiger partial charge is 0.245 e. The van der Waals surface area contributed by atoms with Crippen LogP contribution in [0.3, 0.4) is 0 Å². The zero-order chi connectivity index (χ0) is 19.2. The number of anilines is 2. The molecule has 0 radical (unpaired) electrons. The molecule has 0 fully saturated rings. The Kier molecular flexibility index (Phi) is 6.63. The molecule has 0 bridgehead atoms. The van der Waals surface area contributed by atoms with E-state index in [-0.39, 0.29) is 6.54 Å². The van der Waals surface area contributed by atoms with Crippen LogP contribution in [0.4, 0.5) is 11.4 Å². The van der Waals surface area contributed by atoms with Gasteiger partial charge in [-0.2, -0.15) is 0 Å². The topological polar surface area (TPSA) is 75.7 Å². The summed E-state index contributed by atoms with van der Waals surface area (Å²) in [6.07, 6.45) is 1.85. The van der Waals surface area contributed by atoms with Crippen LogP contribution in [-0.2, 0) is 21.2 Å². The van der Waals surface area contributed by atoms with Gasteiger partial charge in [0.25, 0.3) is 0 Å². The van der Waals surface area contributed by atoms with Crippen LogP contribution in [0.1, 0.15) is 19.4 Å². The summed E-state index contributed by atoms with van der Waals surface area (Å²) < 4.78 is 30.8. The van der Waals surface area contributed by atoms with Gasteiger partial charge in [0.15, 0.2) is 0 Å².